The number of hydrogen-bond donors (Lipinski definition) is 0. The SMILES string of the molecule is Cc1ccc(-c2c(C)ccc3c2oc2c4ccccc4ccc32)[n+](C)c1. The molecule has 5 aromatic rings. The third-order valence-electron chi connectivity index (χ3n) is 5.28. The Balaban J connectivity index is 1.95. The van der Waals surface area contributed by atoms with Crippen molar-refractivity contribution in [1.29, 1.82) is 0 Å². The van der Waals surface area contributed by atoms with Gasteiger partial charge in [-0.05, 0) is 36.9 Å². The van der Waals surface area contributed by atoms with Crippen molar-refractivity contribution in [2.45, 2.75) is 13.8 Å². The predicted octanol–water partition coefficient (Wildman–Crippen LogP) is 5.85. The number of rotatable bonds is 1. The second-order valence-electron chi connectivity index (χ2n) is 7.10. The van der Waals surface area contributed by atoms with Crippen molar-refractivity contribution in [2.24, 2.45) is 7.05 Å². The van der Waals surface area contributed by atoms with Gasteiger partial charge >= 0.3 is 0 Å². The minimum atomic E-state index is 0.968. The smallest absolute Gasteiger partial charge is 0.216 e. The van der Waals surface area contributed by atoms with E-state index >= 15 is 0 Å². The van der Waals surface area contributed by atoms with Crippen LogP contribution in [-0.4, -0.2) is 0 Å². The Bertz CT molecular complexity index is 1310. The van der Waals surface area contributed by atoms with Crippen LogP contribution in [0, 0.1) is 13.8 Å². The summed E-state index contributed by atoms with van der Waals surface area (Å²) in [5, 5.41) is 4.72. The molecule has 2 heteroatoms. The van der Waals surface area contributed by atoms with Crippen LogP contribution >= 0.6 is 0 Å². The summed E-state index contributed by atoms with van der Waals surface area (Å²) in [6.45, 7) is 4.27. The number of aromatic nitrogens is 1. The summed E-state index contributed by atoms with van der Waals surface area (Å²) in [6, 6.07) is 21.5. The molecule has 0 bridgehead atoms. The van der Waals surface area contributed by atoms with Gasteiger partial charge in [0.25, 0.3) is 0 Å². The van der Waals surface area contributed by atoms with Crippen LogP contribution in [0.2, 0.25) is 0 Å². The molecule has 0 unspecified atom stereocenters. The number of furan rings is 1. The van der Waals surface area contributed by atoms with Gasteiger partial charge in [-0.2, -0.15) is 0 Å². The van der Waals surface area contributed by atoms with Gasteiger partial charge < -0.3 is 4.42 Å². The highest BCUT2D eigenvalue weighted by Crippen LogP contribution is 2.39. The number of pyridine rings is 1. The molecular weight excluding hydrogens is 318 g/mol. The fraction of sp³-hybridized carbons (Fsp3) is 0.125. The average molecular weight is 338 g/mol. The van der Waals surface area contributed by atoms with Crippen molar-refractivity contribution < 1.29 is 8.98 Å². The summed E-state index contributed by atoms with van der Waals surface area (Å²) in [4.78, 5) is 0. The molecule has 26 heavy (non-hydrogen) atoms. The molecule has 0 spiro atoms. The number of benzene rings is 3. The summed E-state index contributed by atoms with van der Waals surface area (Å²) in [5.74, 6) is 0. The van der Waals surface area contributed by atoms with Gasteiger partial charge in [-0.3, -0.25) is 0 Å². The lowest BCUT2D eigenvalue weighted by Crippen LogP contribution is -2.31. The maximum Gasteiger partial charge on any atom is 0.216 e. The van der Waals surface area contributed by atoms with Crippen molar-refractivity contribution >= 4 is 32.7 Å². The largest absolute Gasteiger partial charge is 0.454 e. The van der Waals surface area contributed by atoms with Gasteiger partial charge in [0.2, 0.25) is 5.69 Å². The lowest BCUT2D eigenvalue weighted by atomic mass is 9.99. The molecule has 0 fully saturated rings. The van der Waals surface area contributed by atoms with Crippen LogP contribution in [-0.2, 0) is 7.05 Å². The van der Waals surface area contributed by atoms with E-state index in [1.165, 1.54) is 38.5 Å². The summed E-state index contributed by atoms with van der Waals surface area (Å²) < 4.78 is 8.69. The molecular formula is C24H20NO+. The molecule has 5 rings (SSSR count). The zero-order valence-corrected chi connectivity index (χ0v) is 15.2. The summed E-state index contributed by atoms with van der Waals surface area (Å²) >= 11 is 0. The fourth-order valence-electron chi connectivity index (χ4n) is 3.99. The first-order valence-electron chi connectivity index (χ1n) is 8.94. The predicted molar refractivity (Wildman–Crippen MR) is 107 cm³/mol. The molecule has 2 aromatic heterocycles. The minimum absolute atomic E-state index is 0.968. The van der Waals surface area contributed by atoms with Gasteiger partial charge in [-0.1, -0.05) is 42.5 Å². The zero-order chi connectivity index (χ0) is 17.8. The van der Waals surface area contributed by atoms with E-state index in [0.717, 1.165) is 16.6 Å². The Morgan fingerprint density at radius 3 is 2.35 bits per heavy atom. The van der Waals surface area contributed by atoms with E-state index in [0.29, 0.717) is 0 Å². The van der Waals surface area contributed by atoms with Crippen LogP contribution in [0.5, 0.6) is 0 Å². The van der Waals surface area contributed by atoms with E-state index in [-0.39, 0.29) is 0 Å². The Morgan fingerprint density at radius 1 is 0.731 bits per heavy atom. The molecule has 0 aliphatic carbocycles. The van der Waals surface area contributed by atoms with E-state index in [4.69, 9.17) is 4.42 Å². The first-order valence-corrected chi connectivity index (χ1v) is 8.94. The lowest BCUT2D eigenvalue weighted by Gasteiger charge is -2.05. The number of nitrogens with zero attached hydrogens (tertiary/aromatic N) is 1. The Kier molecular flexibility index (Phi) is 3.17. The highest BCUT2D eigenvalue weighted by molar-refractivity contribution is 6.17. The molecule has 0 saturated carbocycles. The molecule has 0 atom stereocenters. The zero-order valence-electron chi connectivity index (χ0n) is 15.2. The average Bonchev–Trinajstić information content (AvgIpc) is 3.02. The third kappa shape index (κ3) is 2.08. The van der Waals surface area contributed by atoms with Crippen molar-refractivity contribution in [3.8, 4) is 11.3 Å². The first-order chi connectivity index (χ1) is 12.6. The van der Waals surface area contributed by atoms with E-state index < -0.39 is 0 Å². The maximum absolute atomic E-state index is 6.50. The molecule has 0 radical (unpaired) electrons. The van der Waals surface area contributed by atoms with Gasteiger partial charge in [0, 0.05) is 27.8 Å². The van der Waals surface area contributed by atoms with Crippen LogP contribution in [0.4, 0.5) is 0 Å². The molecule has 0 aliphatic heterocycles. The van der Waals surface area contributed by atoms with E-state index in [1.54, 1.807) is 0 Å². The van der Waals surface area contributed by atoms with Crippen molar-refractivity contribution in [3.05, 3.63) is 78.0 Å². The molecule has 126 valence electrons. The van der Waals surface area contributed by atoms with Gasteiger partial charge in [0.15, 0.2) is 6.20 Å². The Labute approximate surface area is 152 Å². The quantitative estimate of drug-likeness (QED) is 0.351. The van der Waals surface area contributed by atoms with Crippen LogP contribution in [0.3, 0.4) is 0 Å². The second kappa shape index (κ2) is 5.43. The van der Waals surface area contributed by atoms with Crippen LogP contribution in [0.25, 0.3) is 44.0 Å². The van der Waals surface area contributed by atoms with Crippen molar-refractivity contribution in [1.82, 2.24) is 0 Å². The molecule has 0 N–H and O–H groups in total. The monoisotopic (exact) mass is 338 g/mol. The van der Waals surface area contributed by atoms with E-state index in [1.807, 2.05) is 0 Å². The van der Waals surface area contributed by atoms with E-state index in [9.17, 15) is 0 Å². The normalized spacial score (nSPS) is 11.7. The number of aryl methyl sites for hydroxylation is 3. The third-order valence-corrected chi connectivity index (χ3v) is 5.28. The number of hydrogen-bond acceptors (Lipinski definition) is 1. The van der Waals surface area contributed by atoms with E-state index in [2.05, 4.69) is 92.3 Å². The first kappa shape index (κ1) is 15.2. The van der Waals surface area contributed by atoms with Crippen LogP contribution < -0.4 is 4.57 Å². The molecule has 0 aliphatic rings. The molecule has 3 aromatic carbocycles. The maximum atomic E-state index is 6.50. The van der Waals surface area contributed by atoms with Crippen LogP contribution in [0.15, 0.2) is 71.3 Å². The van der Waals surface area contributed by atoms with Crippen molar-refractivity contribution in [2.75, 3.05) is 0 Å². The summed E-state index contributed by atoms with van der Waals surface area (Å²) in [6.07, 6.45) is 2.16. The minimum Gasteiger partial charge on any atom is -0.454 e. The highest BCUT2D eigenvalue weighted by Gasteiger charge is 2.21. The summed E-state index contributed by atoms with van der Waals surface area (Å²) in [7, 11) is 2.10. The van der Waals surface area contributed by atoms with Crippen molar-refractivity contribution in [3.63, 3.8) is 0 Å². The molecule has 2 heterocycles. The second-order valence-corrected chi connectivity index (χ2v) is 7.10. The fourth-order valence-corrected chi connectivity index (χ4v) is 3.99. The van der Waals surface area contributed by atoms with Gasteiger partial charge in [0.05, 0.1) is 5.56 Å². The van der Waals surface area contributed by atoms with Gasteiger partial charge in [-0.15, -0.1) is 0 Å². The highest BCUT2D eigenvalue weighted by atomic mass is 16.3. The molecule has 2 nitrogen and oxygen atoms in total. The summed E-state index contributed by atoms with van der Waals surface area (Å²) in [5.41, 5.74) is 6.75. The number of fused-ring (bicyclic) bond motifs is 5. The molecule has 0 amide bonds. The topological polar surface area (TPSA) is 17.0 Å². The molecule has 0 saturated heterocycles. The Morgan fingerprint density at radius 2 is 1.50 bits per heavy atom. The van der Waals surface area contributed by atoms with Crippen LogP contribution in [0.1, 0.15) is 11.1 Å². The van der Waals surface area contributed by atoms with Gasteiger partial charge in [0.1, 0.15) is 18.2 Å². The lowest BCUT2D eigenvalue weighted by molar-refractivity contribution is -0.660. The Hall–Kier alpha value is -3.13. The standard InChI is InChI=1S/C24H20NO/c1-15-8-13-21(25(3)14-15)22-16(2)9-11-20-19-12-10-17-6-4-5-7-18(17)23(19)26-24(20)22/h4-14H,1-3H3/q+1. The van der Waals surface area contributed by atoms with Gasteiger partial charge in [-0.25, -0.2) is 4.57 Å².